The molecule has 28 heavy (non-hydrogen) atoms. The van der Waals surface area contributed by atoms with E-state index in [1.807, 2.05) is 0 Å². The van der Waals surface area contributed by atoms with Gasteiger partial charge in [-0.25, -0.2) is 0 Å². The van der Waals surface area contributed by atoms with Crippen LogP contribution in [0.4, 0.5) is 0 Å². The average Bonchev–Trinajstić information content (AvgIpc) is 2.74. The molecule has 0 amide bonds. The molecule has 1 unspecified atom stereocenters. The molecule has 3 saturated carbocycles. The summed E-state index contributed by atoms with van der Waals surface area (Å²) in [7, 11) is 0. The molecule has 150 valence electrons. The normalized spacial score (nSPS) is 25.5. The zero-order valence-corrected chi connectivity index (χ0v) is 17.5. The van der Waals surface area contributed by atoms with Crippen molar-refractivity contribution in [3.63, 3.8) is 0 Å². The summed E-state index contributed by atoms with van der Waals surface area (Å²) < 4.78 is 0. The number of rotatable bonds is 9. The van der Waals surface area contributed by atoms with Gasteiger partial charge in [-0.1, -0.05) is 74.5 Å². The molecule has 3 aliphatic rings. The van der Waals surface area contributed by atoms with E-state index in [1.54, 1.807) is 0 Å². The van der Waals surface area contributed by atoms with Crippen LogP contribution >= 0.6 is 0 Å². The van der Waals surface area contributed by atoms with E-state index >= 15 is 0 Å². The Morgan fingerprint density at radius 2 is 1.46 bits per heavy atom. The predicted octanol–water partition coefficient (Wildman–Crippen LogP) is 5.07. The maximum Gasteiger partial charge on any atom is 0.0214 e. The third-order valence-corrected chi connectivity index (χ3v) is 7.64. The van der Waals surface area contributed by atoms with Crippen molar-refractivity contribution in [3.05, 3.63) is 71.8 Å². The van der Waals surface area contributed by atoms with Crippen LogP contribution in [0.3, 0.4) is 0 Å². The van der Waals surface area contributed by atoms with Gasteiger partial charge in [0.15, 0.2) is 0 Å². The smallest absolute Gasteiger partial charge is 0.0214 e. The minimum absolute atomic E-state index is 0.411. The van der Waals surface area contributed by atoms with E-state index in [0.29, 0.717) is 11.3 Å². The Balaban J connectivity index is 1.22. The largest absolute Gasteiger partial charge is 0.315 e. The second-order valence-electron chi connectivity index (χ2n) is 9.48. The molecule has 2 N–H and O–H groups in total. The van der Waals surface area contributed by atoms with Gasteiger partial charge in [-0.3, -0.25) is 0 Å². The fourth-order valence-electron chi connectivity index (χ4n) is 5.72. The molecular formula is C26H36N2. The Bertz CT molecular complexity index is 683. The van der Waals surface area contributed by atoms with Crippen LogP contribution in [0.15, 0.2) is 60.7 Å². The number of hydrogen-bond donors (Lipinski definition) is 2. The molecule has 0 radical (unpaired) electrons. The molecule has 0 aliphatic heterocycles. The predicted molar refractivity (Wildman–Crippen MR) is 119 cm³/mol. The van der Waals surface area contributed by atoms with Gasteiger partial charge >= 0.3 is 0 Å². The highest BCUT2D eigenvalue weighted by Gasteiger charge is 2.53. The van der Waals surface area contributed by atoms with E-state index in [2.05, 4.69) is 85.1 Å². The highest BCUT2D eigenvalue weighted by molar-refractivity contribution is 5.32. The zero-order chi connectivity index (χ0) is 19.4. The Morgan fingerprint density at radius 1 is 0.857 bits per heavy atom. The van der Waals surface area contributed by atoms with Crippen molar-refractivity contribution in [1.82, 2.24) is 10.6 Å². The molecule has 2 aromatic rings. The van der Waals surface area contributed by atoms with Crippen molar-refractivity contribution in [2.24, 2.45) is 23.2 Å². The van der Waals surface area contributed by atoms with Crippen molar-refractivity contribution < 1.29 is 0 Å². The van der Waals surface area contributed by atoms with Gasteiger partial charge in [0.2, 0.25) is 0 Å². The average molecular weight is 377 g/mol. The summed E-state index contributed by atoms with van der Waals surface area (Å²) >= 11 is 0. The van der Waals surface area contributed by atoms with Gasteiger partial charge < -0.3 is 10.6 Å². The van der Waals surface area contributed by atoms with E-state index < -0.39 is 0 Å². The van der Waals surface area contributed by atoms with Crippen molar-refractivity contribution in [2.45, 2.75) is 39.0 Å². The van der Waals surface area contributed by atoms with Gasteiger partial charge in [0, 0.05) is 25.6 Å². The maximum absolute atomic E-state index is 3.74. The van der Waals surface area contributed by atoms with Gasteiger partial charge in [0.25, 0.3) is 0 Å². The molecule has 0 aromatic heterocycles. The molecule has 2 bridgehead atoms. The molecule has 3 fully saturated rings. The molecule has 3 atom stereocenters. The van der Waals surface area contributed by atoms with Gasteiger partial charge in [-0.2, -0.15) is 0 Å². The van der Waals surface area contributed by atoms with Crippen LogP contribution in [0.2, 0.25) is 0 Å². The summed E-state index contributed by atoms with van der Waals surface area (Å²) in [6.45, 7) is 9.25. The van der Waals surface area contributed by atoms with Crippen LogP contribution < -0.4 is 10.6 Å². The SMILES string of the molecule is CC1(C)[C@H]2CCC(CNCCNCC(c3ccccc3)c3ccccc3)[C@H]1C2. The first kappa shape index (κ1) is 19.7. The van der Waals surface area contributed by atoms with Gasteiger partial charge in [-0.15, -0.1) is 0 Å². The summed E-state index contributed by atoms with van der Waals surface area (Å²) in [5.74, 6) is 3.26. The monoisotopic (exact) mass is 376 g/mol. The summed E-state index contributed by atoms with van der Waals surface area (Å²) in [5, 5.41) is 7.43. The van der Waals surface area contributed by atoms with E-state index in [0.717, 1.165) is 37.4 Å². The Kier molecular flexibility index (Phi) is 6.18. The summed E-state index contributed by atoms with van der Waals surface area (Å²) in [6.07, 6.45) is 4.36. The fourth-order valence-corrected chi connectivity index (χ4v) is 5.72. The van der Waals surface area contributed by atoms with Crippen LogP contribution in [0.25, 0.3) is 0 Å². The van der Waals surface area contributed by atoms with Crippen LogP contribution in [0.1, 0.15) is 50.2 Å². The van der Waals surface area contributed by atoms with E-state index in [4.69, 9.17) is 0 Å². The third-order valence-electron chi connectivity index (χ3n) is 7.64. The molecule has 0 heterocycles. The van der Waals surface area contributed by atoms with Crippen LogP contribution in [0.5, 0.6) is 0 Å². The summed E-state index contributed by atoms with van der Waals surface area (Å²) in [6, 6.07) is 21.7. The number of hydrogen-bond acceptors (Lipinski definition) is 2. The lowest BCUT2D eigenvalue weighted by Gasteiger charge is -2.60. The molecule has 2 nitrogen and oxygen atoms in total. The van der Waals surface area contributed by atoms with Gasteiger partial charge in [0.05, 0.1) is 0 Å². The summed E-state index contributed by atoms with van der Waals surface area (Å²) in [5.41, 5.74) is 3.37. The third kappa shape index (κ3) is 4.18. The number of benzene rings is 2. The molecule has 2 heteroatoms. The molecule has 5 rings (SSSR count). The first-order valence-electron chi connectivity index (χ1n) is 11.2. The maximum atomic E-state index is 3.74. The zero-order valence-electron chi connectivity index (χ0n) is 17.5. The summed E-state index contributed by atoms with van der Waals surface area (Å²) in [4.78, 5) is 0. The van der Waals surface area contributed by atoms with Crippen molar-refractivity contribution >= 4 is 0 Å². The van der Waals surface area contributed by atoms with E-state index in [-0.39, 0.29) is 0 Å². The molecule has 0 saturated heterocycles. The van der Waals surface area contributed by atoms with Gasteiger partial charge in [0.1, 0.15) is 0 Å². The van der Waals surface area contributed by atoms with Crippen LogP contribution in [-0.4, -0.2) is 26.2 Å². The second kappa shape index (κ2) is 8.80. The second-order valence-corrected chi connectivity index (χ2v) is 9.48. The lowest BCUT2D eigenvalue weighted by molar-refractivity contribution is -0.103. The topological polar surface area (TPSA) is 24.1 Å². The van der Waals surface area contributed by atoms with Crippen molar-refractivity contribution in [2.75, 3.05) is 26.2 Å². The number of fused-ring (bicyclic) bond motifs is 2. The fraction of sp³-hybridized carbons (Fsp3) is 0.538. The lowest BCUT2D eigenvalue weighted by Crippen LogP contribution is -2.54. The van der Waals surface area contributed by atoms with Gasteiger partial charge in [-0.05, 0) is 60.1 Å². The Labute approximate surface area is 171 Å². The minimum atomic E-state index is 0.411. The van der Waals surface area contributed by atoms with Crippen LogP contribution in [0, 0.1) is 23.2 Å². The highest BCUT2D eigenvalue weighted by Crippen LogP contribution is 2.61. The van der Waals surface area contributed by atoms with Crippen molar-refractivity contribution in [1.29, 1.82) is 0 Å². The lowest BCUT2D eigenvalue weighted by atomic mass is 9.45. The highest BCUT2D eigenvalue weighted by atomic mass is 14.9. The number of nitrogens with one attached hydrogen (secondary N) is 2. The Hall–Kier alpha value is -1.64. The van der Waals surface area contributed by atoms with E-state index in [9.17, 15) is 0 Å². The molecule has 3 aliphatic carbocycles. The molecule has 0 spiro atoms. The van der Waals surface area contributed by atoms with Crippen LogP contribution in [-0.2, 0) is 0 Å². The van der Waals surface area contributed by atoms with Crippen molar-refractivity contribution in [3.8, 4) is 0 Å². The van der Waals surface area contributed by atoms with E-state index in [1.165, 1.54) is 36.9 Å². The minimum Gasteiger partial charge on any atom is -0.315 e. The Morgan fingerprint density at radius 3 is 2.04 bits per heavy atom. The molecule has 2 aromatic carbocycles. The molecular weight excluding hydrogens is 340 g/mol. The first-order chi connectivity index (χ1) is 13.7. The first-order valence-corrected chi connectivity index (χ1v) is 11.2. The quantitative estimate of drug-likeness (QED) is 0.597. The standard InChI is InChI=1S/C26H36N2/c1-26(2)23-14-13-22(25(26)17-23)18-27-15-16-28-19-24(20-9-5-3-6-10-20)21-11-7-4-8-12-21/h3-12,22-25,27-28H,13-19H2,1-2H3/t22?,23-,25+/m0/s1.